The van der Waals surface area contributed by atoms with Crippen molar-refractivity contribution >= 4 is 49.8 Å². The fourth-order valence-corrected chi connectivity index (χ4v) is 8.70. The molecule has 0 fully saturated rings. The molecule has 60 heavy (non-hydrogen) atoms. The fraction of sp³-hybridized carbons (Fsp3) is 0. The molecule has 282 valence electrons. The van der Waals surface area contributed by atoms with Gasteiger partial charge in [0.15, 0.2) is 0 Å². The Labute approximate surface area is 349 Å². The molecule has 0 aliphatic rings. The Morgan fingerprint density at radius 3 is 1.42 bits per heavy atom. The van der Waals surface area contributed by atoms with Crippen LogP contribution in [-0.4, -0.2) is 0 Å². The first kappa shape index (κ1) is 35.2. The molecule has 2 nitrogen and oxygen atoms in total. The minimum absolute atomic E-state index is 0.880. The van der Waals surface area contributed by atoms with Crippen LogP contribution in [0, 0.1) is 0 Å². The maximum absolute atomic E-state index is 6.66. The summed E-state index contributed by atoms with van der Waals surface area (Å²) >= 11 is 0. The summed E-state index contributed by atoms with van der Waals surface area (Å²) in [7, 11) is 0. The summed E-state index contributed by atoms with van der Waals surface area (Å²) in [6, 6.07) is 84.8. The van der Waals surface area contributed by atoms with E-state index < -0.39 is 0 Å². The van der Waals surface area contributed by atoms with Crippen LogP contribution < -0.4 is 4.90 Å². The molecule has 0 spiro atoms. The zero-order chi connectivity index (χ0) is 39.8. The minimum Gasteiger partial charge on any atom is -0.455 e. The van der Waals surface area contributed by atoms with E-state index in [0.29, 0.717) is 0 Å². The smallest absolute Gasteiger partial charge is 0.143 e. The number of para-hydroxylation sites is 1. The number of furan rings is 1. The Hall–Kier alpha value is -7.94. The number of fused-ring (bicyclic) bond motifs is 5. The van der Waals surface area contributed by atoms with E-state index in [2.05, 4.69) is 241 Å². The van der Waals surface area contributed by atoms with Crippen LogP contribution >= 0.6 is 0 Å². The van der Waals surface area contributed by atoms with Crippen molar-refractivity contribution in [1.82, 2.24) is 0 Å². The molecular weight excluding hydrogens is 727 g/mol. The van der Waals surface area contributed by atoms with Crippen LogP contribution in [0.5, 0.6) is 0 Å². The maximum Gasteiger partial charge on any atom is 0.143 e. The molecule has 11 rings (SSSR count). The summed E-state index contributed by atoms with van der Waals surface area (Å²) in [4.78, 5) is 2.39. The summed E-state index contributed by atoms with van der Waals surface area (Å²) in [6.45, 7) is 0. The van der Waals surface area contributed by atoms with E-state index in [1.54, 1.807) is 0 Å². The molecule has 1 heterocycles. The monoisotopic (exact) mass is 765 g/mol. The molecule has 0 aliphatic heterocycles. The second kappa shape index (κ2) is 15.1. The average molecular weight is 766 g/mol. The van der Waals surface area contributed by atoms with Gasteiger partial charge >= 0.3 is 0 Å². The van der Waals surface area contributed by atoms with E-state index >= 15 is 0 Å². The lowest BCUT2D eigenvalue weighted by Crippen LogP contribution is -2.11. The Bertz CT molecular complexity index is 3270. The second-order valence-electron chi connectivity index (χ2n) is 15.3. The highest BCUT2D eigenvalue weighted by Gasteiger charge is 2.21. The predicted molar refractivity (Wildman–Crippen MR) is 253 cm³/mol. The zero-order valence-electron chi connectivity index (χ0n) is 32.9. The number of hydrogen-bond donors (Lipinski definition) is 0. The molecule has 0 atom stereocenters. The largest absolute Gasteiger partial charge is 0.455 e. The highest BCUT2D eigenvalue weighted by Crippen LogP contribution is 2.46. The molecule has 2 heteroatoms. The molecule has 10 aromatic carbocycles. The molecule has 0 saturated heterocycles. The summed E-state index contributed by atoms with van der Waals surface area (Å²) in [5.41, 5.74) is 16.8. The quantitative estimate of drug-likeness (QED) is 0.153. The average Bonchev–Trinajstić information content (AvgIpc) is 3.73. The van der Waals surface area contributed by atoms with E-state index in [9.17, 15) is 0 Å². The minimum atomic E-state index is 0.880. The number of nitrogens with zero attached hydrogens (tertiary/aromatic N) is 1. The van der Waals surface area contributed by atoms with Crippen molar-refractivity contribution in [3.05, 3.63) is 237 Å². The first-order valence-corrected chi connectivity index (χ1v) is 20.5. The molecule has 0 N–H and O–H groups in total. The number of benzene rings is 10. The molecule has 0 aliphatic carbocycles. The third-order valence-electron chi connectivity index (χ3n) is 11.7. The Kier molecular flexibility index (Phi) is 8.87. The van der Waals surface area contributed by atoms with Gasteiger partial charge in [0, 0.05) is 33.1 Å². The van der Waals surface area contributed by atoms with Gasteiger partial charge in [-0.25, -0.2) is 0 Å². The Morgan fingerprint density at radius 2 is 0.767 bits per heavy atom. The van der Waals surface area contributed by atoms with Gasteiger partial charge in [-0.1, -0.05) is 188 Å². The van der Waals surface area contributed by atoms with Gasteiger partial charge in [-0.3, -0.25) is 0 Å². The number of anilines is 3. The highest BCUT2D eigenvalue weighted by atomic mass is 16.3. The van der Waals surface area contributed by atoms with Crippen LogP contribution in [0.15, 0.2) is 241 Å². The van der Waals surface area contributed by atoms with Gasteiger partial charge in [0.2, 0.25) is 0 Å². The topological polar surface area (TPSA) is 16.4 Å². The third-order valence-corrected chi connectivity index (χ3v) is 11.7. The van der Waals surface area contributed by atoms with Crippen molar-refractivity contribution in [1.29, 1.82) is 0 Å². The lowest BCUT2D eigenvalue weighted by Gasteiger charge is -2.28. The first-order chi connectivity index (χ1) is 29.7. The van der Waals surface area contributed by atoms with Crippen molar-refractivity contribution in [2.75, 3.05) is 4.90 Å². The molecule has 0 unspecified atom stereocenters. The zero-order valence-corrected chi connectivity index (χ0v) is 32.9. The SMILES string of the molecule is c1ccc(-c2ccc(-c3ccc(N(c4ccc(-c5cccc(-c6ccccc6)c5)cc4)c4ccccc4-c4cccc5oc6c7ccccc7ccc6c45)cc3)cc2)cc1. The third kappa shape index (κ3) is 6.41. The van der Waals surface area contributed by atoms with E-state index in [1.807, 2.05) is 0 Å². The van der Waals surface area contributed by atoms with E-state index in [0.717, 1.165) is 55.5 Å². The summed E-state index contributed by atoms with van der Waals surface area (Å²) in [6.07, 6.45) is 0. The van der Waals surface area contributed by atoms with Gasteiger partial charge in [0.25, 0.3) is 0 Å². The molecule has 11 aromatic rings. The lowest BCUT2D eigenvalue weighted by molar-refractivity contribution is 0.673. The normalized spacial score (nSPS) is 11.3. The molecule has 0 saturated carbocycles. The molecule has 1 aromatic heterocycles. The van der Waals surface area contributed by atoms with E-state index in [-0.39, 0.29) is 0 Å². The van der Waals surface area contributed by atoms with Gasteiger partial charge < -0.3 is 9.32 Å². The van der Waals surface area contributed by atoms with E-state index in [1.165, 1.54) is 49.9 Å². The molecule has 0 amide bonds. The standard InChI is InChI=1S/C58H39NO/c1-3-13-40(14-4-1)42-25-27-43(28-26-42)44-29-34-49(35-30-44)59(50-36-31-45(32-37-50)48-19-11-18-47(39-48)41-15-5-2-6-16-41)55-23-10-9-21-52(55)53-22-12-24-56-57(53)54-38-33-46-17-7-8-20-51(46)58(54)60-56/h1-39H. The van der Waals surface area contributed by atoms with Crippen LogP contribution in [0.4, 0.5) is 17.1 Å². The van der Waals surface area contributed by atoms with E-state index in [4.69, 9.17) is 4.42 Å². The van der Waals surface area contributed by atoms with Crippen molar-refractivity contribution < 1.29 is 4.42 Å². The van der Waals surface area contributed by atoms with Crippen molar-refractivity contribution in [2.24, 2.45) is 0 Å². The van der Waals surface area contributed by atoms with Crippen LogP contribution in [0.3, 0.4) is 0 Å². The molecule has 0 radical (unpaired) electrons. The number of rotatable bonds is 8. The van der Waals surface area contributed by atoms with Crippen LogP contribution in [0.2, 0.25) is 0 Å². The Balaban J connectivity index is 1.03. The van der Waals surface area contributed by atoms with Crippen LogP contribution in [0.25, 0.3) is 88.3 Å². The van der Waals surface area contributed by atoms with Crippen molar-refractivity contribution in [2.45, 2.75) is 0 Å². The van der Waals surface area contributed by atoms with Crippen molar-refractivity contribution in [3.8, 4) is 55.6 Å². The van der Waals surface area contributed by atoms with Gasteiger partial charge in [-0.15, -0.1) is 0 Å². The Morgan fingerprint density at radius 1 is 0.300 bits per heavy atom. The van der Waals surface area contributed by atoms with Crippen LogP contribution in [0.1, 0.15) is 0 Å². The predicted octanol–water partition coefficient (Wildman–Crippen LogP) is 16.5. The maximum atomic E-state index is 6.66. The highest BCUT2D eigenvalue weighted by molar-refractivity contribution is 6.19. The second-order valence-corrected chi connectivity index (χ2v) is 15.3. The molecule has 0 bridgehead atoms. The van der Waals surface area contributed by atoms with Gasteiger partial charge in [0.05, 0.1) is 5.69 Å². The van der Waals surface area contributed by atoms with Gasteiger partial charge in [0.1, 0.15) is 11.2 Å². The lowest BCUT2D eigenvalue weighted by atomic mass is 9.95. The van der Waals surface area contributed by atoms with Crippen molar-refractivity contribution in [3.63, 3.8) is 0 Å². The fourth-order valence-electron chi connectivity index (χ4n) is 8.70. The summed E-state index contributed by atoms with van der Waals surface area (Å²) < 4.78 is 6.66. The van der Waals surface area contributed by atoms with Crippen LogP contribution in [-0.2, 0) is 0 Å². The van der Waals surface area contributed by atoms with Gasteiger partial charge in [-0.2, -0.15) is 0 Å². The van der Waals surface area contributed by atoms with Gasteiger partial charge in [-0.05, 0) is 104 Å². The first-order valence-electron chi connectivity index (χ1n) is 20.5. The number of hydrogen-bond acceptors (Lipinski definition) is 2. The molecular formula is C58H39NO. The summed E-state index contributed by atoms with van der Waals surface area (Å²) in [5.74, 6) is 0. The summed E-state index contributed by atoms with van der Waals surface area (Å²) in [5, 5.41) is 4.53.